The minimum Gasteiger partial charge on any atom is -0.363 e. The van der Waals surface area contributed by atoms with Crippen LogP contribution < -0.4 is 10.6 Å². The fourth-order valence-electron chi connectivity index (χ4n) is 5.92. The van der Waals surface area contributed by atoms with Gasteiger partial charge in [-0.3, -0.25) is 15.0 Å². The average molecular weight is 486 g/mol. The van der Waals surface area contributed by atoms with Gasteiger partial charge in [-0.15, -0.1) is 0 Å². The molecule has 0 bridgehead atoms. The molecule has 3 saturated heterocycles. The summed E-state index contributed by atoms with van der Waals surface area (Å²) in [6, 6.07) is 11.0. The molecule has 1 spiro atoms. The Balaban J connectivity index is 1.43. The van der Waals surface area contributed by atoms with Crippen molar-refractivity contribution >= 4 is 23.2 Å². The van der Waals surface area contributed by atoms with Crippen molar-refractivity contribution in [3.05, 3.63) is 35.9 Å². The first-order valence-corrected chi connectivity index (χ1v) is 13.8. The number of carbonyl (C=O) groups is 1. The predicted molar refractivity (Wildman–Crippen MR) is 142 cm³/mol. The number of amides is 1. The maximum Gasteiger partial charge on any atom is 0.241 e. The summed E-state index contributed by atoms with van der Waals surface area (Å²) in [5.41, 5.74) is 1.14. The van der Waals surface area contributed by atoms with E-state index < -0.39 is 0 Å². The number of piperidine rings is 2. The van der Waals surface area contributed by atoms with Gasteiger partial charge in [0.25, 0.3) is 0 Å². The minimum absolute atomic E-state index is 0.0657. The molecule has 0 saturated carbocycles. The third-order valence-corrected chi connectivity index (χ3v) is 8.58. The zero-order valence-electron chi connectivity index (χ0n) is 21.3. The Bertz CT molecular complexity index is 818. The van der Waals surface area contributed by atoms with Gasteiger partial charge in [0.05, 0.1) is 11.7 Å². The summed E-state index contributed by atoms with van der Waals surface area (Å²) in [7, 11) is 0. The van der Waals surface area contributed by atoms with E-state index in [0.717, 1.165) is 82.9 Å². The highest BCUT2D eigenvalue weighted by Gasteiger charge is 2.55. The number of likely N-dealkylation sites (tertiary alicyclic amines) is 2. The van der Waals surface area contributed by atoms with Crippen LogP contribution in [0.25, 0.3) is 0 Å². The Morgan fingerprint density at radius 1 is 1.15 bits per heavy atom. The summed E-state index contributed by atoms with van der Waals surface area (Å²) in [4.78, 5) is 20.9. The summed E-state index contributed by atoms with van der Waals surface area (Å²) in [5, 5.41) is 8.12. The zero-order chi connectivity index (χ0) is 24.1. The molecule has 3 aliphatic heterocycles. The average Bonchev–Trinajstić information content (AvgIpc) is 3.15. The van der Waals surface area contributed by atoms with Gasteiger partial charge in [0, 0.05) is 58.2 Å². The summed E-state index contributed by atoms with van der Waals surface area (Å²) in [6.07, 6.45) is 6.06. The van der Waals surface area contributed by atoms with Crippen LogP contribution in [0, 0.1) is 5.92 Å². The van der Waals surface area contributed by atoms with Gasteiger partial charge in [-0.25, -0.2) is 0 Å². The summed E-state index contributed by atoms with van der Waals surface area (Å²) >= 11 is 5.64. The van der Waals surface area contributed by atoms with Crippen molar-refractivity contribution in [1.29, 1.82) is 0 Å². The number of nitrogens with zero attached hydrogens (tertiary/aromatic N) is 3. The second-order valence-electron chi connectivity index (χ2n) is 10.5. The lowest BCUT2D eigenvalue weighted by Crippen LogP contribution is -2.63. The van der Waals surface area contributed by atoms with Crippen molar-refractivity contribution in [2.45, 2.75) is 83.6 Å². The van der Waals surface area contributed by atoms with E-state index in [0.29, 0.717) is 17.9 Å². The summed E-state index contributed by atoms with van der Waals surface area (Å²) in [5.74, 6) is 0.675. The predicted octanol–water partition coefficient (Wildman–Crippen LogP) is 3.57. The van der Waals surface area contributed by atoms with E-state index in [2.05, 4.69) is 76.4 Å². The maximum absolute atomic E-state index is 13.8. The first kappa shape index (κ1) is 25.4. The molecule has 0 aliphatic carbocycles. The van der Waals surface area contributed by atoms with Crippen LogP contribution in [-0.4, -0.2) is 76.2 Å². The minimum atomic E-state index is -0.228. The molecule has 3 heterocycles. The van der Waals surface area contributed by atoms with Crippen LogP contribution in [0.4, 0.5) is 0 Å². The van der Waals surface area contributed by atoms with Crippen molar-refractivity contribution in [3.63, 3.8) is 0 Å². The Hall–Kier alpha value is -1.70. The van der Waals surface area contributed by atoms with E-state index in [9.17, 15) is 4.79 Å². The maximum atomic E-state index is 13.8. The standard InChI is InChI=1S/C27H43N5OS/c1-4-15-28-26(34)31-18-13-27(14-19-31)29-24(21(3)5-2)25(33)32(27)23-11-16-30(17-12-23)20-22-9-7-6-8-10-22/h6-10,21,23-24,29H,4-5,11-20H2,1-3H3,(H,28,34). The number of thiocarbonyl (C=S) groups is 1. The number of rotatable bonds is 7. The SMILES string of the molecule is CCCNC(=S)N1CCC2(CC1)NC(C(C)CC)C(=O)N2C1CCN(Cc2ccccc2)CC1. The lowest BCUT2D eigenvalue weighted by molar-refractivity contribution is -0.138. The van der Waals surface area contributed by atoms with Crippen molar-refractivity contribution in [2.24, 2.45) is 5.92 Å². The molecule has 0 radical (unpaired) electrons. The molecule has 1 amide bonds. The van der Waals surface area contributed by atoms with Crippen molar-refractivity contribution in [2.75, 3.05) is 32.7 Å². The number of carbonyl (C=O) groups excluding carboxylic acids is 1. The number of benzene rings is 1. The van der Waals surface area contributed by atoms with E-state index in [1.165, 1.54) is 5.56 Å². The lowest BCUT2D eigenvalue weighted by Gasteiger charge is -2.49. The molecule has 2 N–H and O–H groups in total. The highest BCUT2D eigenvalue weighted by Crippen LogP contribution is 2.38. The normalized spacial score (nSPS) is 24.6. The number of hydrogen-bond acceptors (Lipinski definition) is 4. The van der Waals surface area contributed by atoms with Gasteiger partial charge in [-0.1, -0.05) is 57.5 Å². The van der Waals surface area contributed by atoms with Gasteiger partial charge in [0.2, 0.25) is 5.91 Å². The van der Waals surface area contributed by atoms with Gasteiger partial charge in [0.1, 0.15) is 0 Å². The van der Waals surface area contributed by atoms with Crippen LogP contribution in [0.15, 0.2) is 30.3 Å². The van der Waals surface area contributed by atoms with Crippen molar-refractivity contribution in [1.82, 2.24) is 25.3 Å². The molecule has 3 fully saturated rings. The second kappa shape index (κ2) is 11.4. The first-order valence-electron chi connectivity index (χ1n) is 13.4. The van der Waals surface area contributed by atoms with Gasteiger partial charge in [0.15, 0.2) is 5.11 Å². The molecule has 188 valence electrons. The monoisotopic (exact) mass is 485 g/mol. The molecule has 4 rings (SSSR count). The van der Waals surface area contributed by atoms with Gasteiger partial charge in [-0.2, -0.15) is 0 Å². The van der Waals surface area contributed by atoms with E-state index in [1.54, 1.807) is 0 Å². The van der Waals surface area contributed by atoms with Crippen LogP contribution in [0.3, 0.4) is 0 Å². The fourth-order valence-corrected chi connectivity index (χ4v) is 6.20. The van der Waals surface area contributed by atoms with Crippen LogP contribution in [0.1, 0.15) is 64.9 Å². The smallest absolute Gasteiger partial charge is 0.241 e. The summed E-state index contributed by atoms with van der Waals surface area (Å²) in [6.45, 7) is 12.4. The Labute approximate surface area is 211 Å². The molecular formula is C27H43N5OS. The van der Waals surface area contributed by atoms with E-state index in [4.69, 9.17) is 12.2 Å². The molecule has 1 aromatic rings. The Morgan fingerprint density at radius 3 is 2.44 bits per heavy atom. The second-order valence-corrected chi connectivity index (χ2v) is 10.8. The van der Waals surface area contributed by atoms with Gasteiger partial charge >= 0.3 is 0 Å². The Kier molecular flexibility index (Phi) is 8.48. The van der Waals surface area contributed by atoms with Crippen LogP contribution in [-0.2, 0) is 11.3 Å². The largest absolute Gasteiger partial charge is 0.363 e. The number of hydrogen-bond donors (Lipinski definition) is 2. The van der Waals surface area contributed by atoms with E-state index in [-0.39, 0.29) is 11.7 Å². The van der Waals surface area contributed by atoms with Crippen LogP contribution >= 0.6 is 12.2 Å². The highest BCUT2D eigenvalue weighted by molar-refractivity contribution is 7.80. The van der Waals surface area contributed by atoms with Crippen molar-refractivity contribution < 1.29 is 4.79 Å². The molecule has 3 aliphatic rings. The molecular weight excluding hydrogens is 442 g/mol. The van der Waals surface area contributed by atoms with E-state index >= 15 is 0 Å². The lowest BCUT2D eigenvalue weighted by atomic mass is 9.92. The molecule has 2 unspecified atom stereocenters. The van der Waals surface area contributed by atoms with E-state index in [1.807, 2.05) is 0 Å². The molecule has 0 aromatic heterocycles. The van der Waals surface area contributed by atoms with Gasteiger partial charge < -0.3 is 15.1 Å². The van der Waals surface area contributed by atoms with Crippen molar-refractivity contribution in [3.8, 4) is 0 Å². The Morgan fingerprint density at radius 2 is 1.82 bits per heavy atom. The molecule has 6 nitrogen and oxygen atoms in total. The number of nitrogens with one attached hydrogen (secondary N) is 2. The zero-order valence-corrected chi connectivity index (χ0v) is 22.1. The third kappa shape index (κ3) is 5.42. The van der Waals surface area contributed by atoms with Crippen LogP contribution in [0.5, 0.6) is 0 Å². The summed E-state index contributed by atoms with van der Waals surface area (Å²) < 4.78 is 0. The third-order valence-electron chi connectivity index (χ3n) is 8.18. The molecule has 1 aromatic carbocycles. The quantitative estimate of drug-likeness (QED) is 0.576. The fraction of sp³-hybridized carbons (Fsp3) is 0.704. The highest BCUT2D eigenvalue weighted by atomic mass is 32.1. The topological polar surface area (TPSA) is 50.9 Å². The molecule has 34 heavy (non-hydrogen) atoms. The molecule has 7 heteroatoms. The first-order chi connectivity index (χ1) is 16.5. The van der Waals surface area contributed by atoms with Gasteiger partial charge in [-0.05, 0) is 43.0 Å². The molecule has 2 atom stereocenters. The van der Waals surface area contributed by atoms with Crippen LogP contribution in [0.2, 0.25) is 0 Å².